The van der Waals surface area contributed by atoms with E-state index < -0.39 is 41.7 Å². The van der Waals surface area contributed by atoms with Crippen LogP contribution in [0.1, 0.15) is 42.1 Å². The van der Waals surface area contributed by atoms with E-state index in [-0.39, 0.29) is 6.42 Å². The van der Waals surface area contributed by atoms with Gasteiger partial charge in [-0.2, -0.15) is 0 Å². The van der Waals surface area contributed by atoms with Crippen molar-refractivity contribution in [2.45, 2.75) is 31.4 Å². The minimum atomic E-state index is -0.691. The van der Waals surface area contributed by atoms with Crippen LogP contribution in [0, 0.1) is 11.6 Å². The van der Waals surface area contributed by atoms with Crippen molar-refractivity contribution >= 4 is 12.0 Å². The Hall–Kier alpha value is -3.54. The zero-order valence-corrected chi connectivity index (χ0v) is 16.9. The summed E-state index contributed by atoms with van der Waals surface area (Å²) in [6.07, 6.45) is -1.28. The van der Waals surface area contributed by atoms with Crippen LogP contribution < -0.4 is 0 Å². The fraction of sp³-hybridized carbons (Fsp3) is 0.200. The molecule has 1 unspecified atom stereocenters. The number of hydrogen-bond acceptors (Lipinski definition) is 3. The van der Waals surface area contributed by atoms with E-state index in [2.05, 4.69) is 0 Å². The molecule has 1 saturated heterocycles. The van der Waals surface area contributed by atoms with Gasteiger partial charge in [-0.1, -0.05) is 54.6 Å². The van der Waals surface area contributed by atoms with Crippen molar-refractivity contribution < 1.29 is 23.1 Å². The van der Waals surface area contributed by atoms with E-state index >= 15 is 0 Å². The van der Waals surface area contributed by atoms with Crippen molar-refractivity contribution in [3.8, 4) is 0 Å². The molecule has 0 radical (unpaired) electrons. The lowest BCUT2D eigenvalue weighted by molar-refractivity contribution is -0.129. The SMILES string of the molecule is C[C@H]1C(c2ccccc2)OC(=O)N1C(=O)CC(c1ccc(F)cc1)c1ccc(F)cc1. The maximum absolute atomic E-state index is 13.4. The Bertz CT molecular complexity index is 1020. The number of hydrogen-bond donors (Lipinski definition) is 0. The summed E-state index contributed by atoms with van der Waals surface area (Å²) in [6.45, 7) is 1.77. The van der Waals surface area contributed by atoms with Crippen LogP contribution in [0.5, 0.6) is 0 Å². The third kappa shape index (κ3) is 4.33. The zero-order valence-electron chi connectivity index (χ0n) is 16.9. The molecular formula is C25H21F2NO3. The second kappa shape index (κ2) is 8.68. The highest BCUT2D eigenvalue weighted by atomic mass is 19.1. The summed E-state index contributed by atoms with van der Waals surface area (Å²) in [5.41, 5.74) is 2.20. The molecule has 0 N–H and O–H groups in total. The largest absolute Gasteiger partial charge is 0.439 e. The number of nitrogens with zero attached hydrogens (tertiary/aromatic N) is 1. The van der Waals surface area contributed by atoms with E-state index in [1.807, 2.05) is 30.3 Å². The monoisotopic (exact) mass is 421 g/mol. The highest BCUT2D eigenvalue weighted by Crippen LogP contribution is 2.35. The van der Waals surface area contributed by atoms with Crippen LogP contribution >= 0.6 is 0 Å². The van der Waals surface area contributed by atoms with Crippen molar-refractivity contribution in [2.24, 2.45) is 0 Å². The van der Waals surface area contributed by atoms with Crippen LogP contribution in [-0.4, -0.2) is 22.9 Å². The van der Waals surface area contributed by atoms with Gasteiger partial charge in [0.05, 0.1) is 6.04 Å². The van der Waals surface area contributed by atoms with Gasteiger partial charge in [0.15, 0.2) is 0 Å². The van der Waals surface area contributed by atoms with Crippen molar-refractivity contribution in [1.29, 1.82) is 0 Å². The molecule has 4 rings (SSSR count). The highest BCUT2D eigenvalue weighted by molar-refractivity contribution is 5.94. The summed E-state index contributed by atoms with van der Waals surface area (Å²) < 4.78 is 32.4. The van der Waals surface area contributed by atoms with E-state index in [0.717, 1.165) is 10.5 Å². The Morgan fingerprint density at radius 2 is 1.42 bits per heavy atom. The van der Waals surface area contributed by atoms with Crippen LogP contribution in [0.4, 0.5) is 13.6 Å². The fourth-order valence-corrected chi connectivity index (χ4v) is 3.98. The van der Waals surface area contributed by atoms with Gasteiger partial charge in [0.1, 0.15) is 17.7 Å². The third-order valence-electron chi connectivity index (χ3n) is 5.59. The minimum absolute atomic E-state index is 0.0434. The standard InChI is InChI=1S/C25H21F2NO3/c1-16-24(19-5-3-2-4-6-19)31-25(30)28(16)23(29)15-22(17-7-11-20(26)12-8-17)18-9-13-21(27)14-10-18/h2-14,16,22,24H,15H2,1H3/t16-,24?/m0/s1. The lowest BCUT2D eigenvalue weighted by atomic mass is 9.88. The molecule has 0 aromatic heterocycles. The number of benzene rings is 3. The minimum Gasteiger partial charge on any atom is -0.439 e. The van der Waals surface area contributed by atoms with Gasteiger partial charge in [-0.3, -0.25) is 4.79 Å². The Kier molecular flexibility index (Phi) is 5.80. The lowest BCUT2D eigenvalue weighted by Gasteiger charge is -2.23. The van der Waals surface area contributed by atoms with Gasteiger partial charge < -0.3 is 4.74 Å². The fourth-order valence-electron chi connectivity index (χ4n) is 3.98. The number of imide groups is 1. The first kappa shape index (κ1) is 20.7. The predicted octanol–water partition coefficient (Wildman–Crippen LogP) is 5.60. The third-order valence-corrected chi connectivity index (χ3v) is 5.59. The van der Waals surface area contributed by atoms with Gasteiger partial charge >= 0.3 is 6.09 Å². The summed E-state index contributed by atoms with van der Waals surface area (Å²) in [5.74, 6) is -1.66. The maximum Gasteiger partial charge on any atom is 0.417 e. The Morgan fingerprint density at radius 3 is 1.94 bits per heavy atom. The quantitative estimate of drug-likeness (QED) is 0.539. The number of amides is 2. The van der Waals surface area contributed by atoms with Crippen LogP contribution in [-0.2, 0) is 9.53 Å². The molecule has 0 bridgehead atoms. The highest BCUT2D eigenvalue weighted by Gasteiger charge is 2.43. The molecule has 0 aliphatic carbocycles. The Balaban J connectivity index is 1.60. The van der Waals surface area contributed by atoms with E-state index in [1.165, 1.54) is 24.3 Å². The zero-order chi connectivity index (χ0) is 22.0. The number of cyclic esters (lactones) is 1. The molecule has 1 aliphatic rings. The Morgan fingerprint density at radius 1 is 0.903 bits per heavy atom. The lowest BCUT2D eigenvalue weighted by Crippen LogP contribution is -2.38. The van der Waals surface area contributed by atoms with Gasteiger partial charge in [0.25, 0.3) is 0 Å². The van der Waals surface area contributed by atoms with Gasteiger partial charge in [-0.05, 0) is 47.9 Å². The molecule has 0 spiro atoms. The summed E-state index contributed by atoms with van der Waals surface area (Å²) in [7, 11) is 0. The van der Waals surface area contributed by atoms with Gasteiger partial charge in [0, 0.05) is 12.3 Å². The van der Waals surface area contributed by atoms with E-state index in [0.29, 0.717) is 11.1 Å². The van der Waals surface area contributed by atoms with E-state index in [1.54, 1.807) is 31.2 Å². The number of halogens is 2. The van der Waals surface area contributed by atoms with Gasteiger partial charge in [0.2, 0.25) is 5.91 Å². The average molecular weight is 421 g/mol. The number of carbonyl (C=O) groups excluding carboxylic acids is 2. The van der Waals surface area contributed by atoms with Crippen LogP contribution in [0.3, 0.4) is 0 Å². The molecule has 6 heteroatoms. The smallest absolute Gasteiger partial charge is 0.417 e. The molecule has 3 aromatic carbocycles. The normalized spacial score (nSPS) is 18.3. The van der Waals surface area contributed by atoms with Crippen molar-refractivity contribution in [3.63, 3.8) is 0 Å². The van der Waals surface area contributed by atoms with Gasteiger partial charge in [-0.25, -0.2) is 18.5 Å². The molecular weight excluding hydrogens is 400 g/mol. The van der Waals surface area contributed by atoms with E-state index in [9.17, 15) is 18.4 Å². The molecule has 2 amide bonds. The first-order chi connectivity index (χ1) is 14.9. The molecule has 2 atom stereocenters. The van der Waals surface area contributed by atoms with Crippen LogP contribution in [0.25, 0.3) is 0 Å². The summed E-state index contributed by atoms with van der Waals surface area (Å²) in [5, 5.41) is 0. The van der Waals surface area contributed by atoms with Crippen molar-refractivity contribution in [3.05, 3.63) is 107 Å². The molecule has 158 valence electrons. The first-order valence-corrected chi connectivity index (χ1v) is 10.0. The van der Waals surface area contributed by atoms with Gasteiger partial charge in [-0.15, -0.1) is 0 Å². The number of rotatable bonds is 5. The first-order valence-electron chi connectivity index (χ1n) is 10.0. The topological polar surface area (TPSA) is 46.6 Å². The predicted molar refractivity (Wildman–Crippen MR) is 111 cm³/mol. The summed E-state index contributed by atoms with van der Waals surface area (Å²) in [4.78, 5) is 26.9. The molecule has 4 nitrogen and oxygen atoms in total. The second-order valence-corrected chi connectivity index (χ2v) is 7.58. The molecule has 3 aromatic rings. The maximum atomic E-state index is 13.4. The summed E-state index contributed by atoms with van der Waals surface area (Å²) >= 11 is 0. The average Bonchev–Trinajstić information content (AvgIpc) is 3.08. The molecule has 31 heavy (non-hydrogen) atoms. The van der Waals surface area contributed by atoms with E-state index in [4.69, 9.17) is 4.74 Å². The second-order valence-electron chi connectivity index (χ2n) is 7.58. The summed E-state index contributed by atoms with van der Waals surface area (Å²) in [6, 6.07) is 20.4. The number of carbonyl (C=O) groups is 2. The van der Waals surface area contributed by atoms with Crippen molar-refractivity contribution in [2.75, 3.05) is 0 Å². The number of ether oxygens (including phenoxy) is 1. The van der Waals surface area contributed by atoms with Crippen molar-refractivity contribution in [1.82, 2.24) is 4.90 Å². The molecule has 0 saturated carbocycles. The van der Waals surface area contributed by atoms with Crippen LogP contribution in [0.2, 0.25) is 0 Å². The van der Waals surface area contributed by atoms with Crippen LogP contribution in [0.15, 0.2) is 78.9 Å². The Labute approximate surface area is 179 Å². The molecule has 1 fully saturated rings. The molecule has 1 heterocycles. The molecule has 1 aliphatic heterocycles.